The fourth-order valence-corrected chi connectivity index (χ4v) is 2.77. The predicted octanol–water partition coefficient (Wildman–Crippen LogP) is 3.82. The highest BCUT2D eigenvalue weighted by atomic mass is 127. The number of hydrogen-bond donors (Lipinski definition) is 2. The first-order chi connectivity index (χ1) is 11.1. The van der Waals surface area contributed by atoms with Gasteiger partial charge < -0.3 is 11.1 Å². The van der Waals surface area contributed by atoms with Gasteiger partial charge in [0, 0.05) is 12.3 Å². The molecule has 130 valence electrons. The van der Waals surface area contributed by atoms with E-state index < -0.39 is 11.6 Å². The maximum atomic E-state index is 13.5. The van der Waals surface area contributed by atoms with Crippen molar-refractivity contribution in [2.75, 3.05) is 5.32 Å². The number of anilines is 1. The molecule has 0 amide bonds. The average Bonchev–Trinajstić information content (AvgIpc) is 3.19. The number of hydrogen-bond acceptors (Lipinski definition) is 2. The van der Waals surface area contributed by atoms with Crippen molar-refractivity contribution in [3.05, 3.63) is 47.8 Å². The lowest BCUT2D eigenvalue weighted by Gasteiger charge is -2.08. The number of nitrogens with zero attached hydrogens (tertiary/aromatic N) is 3. The van der Waals surface area contributed by atoms with Crippen molar-refractivity contribution in [1.29, 1.82) is 0 Å². The van der Waals surface area contributed by atoms with E-state index in [1.54, 1.807) is 0 Å². The maximum absolute atomic E-state index is 13.5. The third-order valence-electron chi connectivity index (χ3n) is 3.96. The third kappa shape index (κ3) is 4.65. The van der Waals surface area contributed by atoms with Gasteiger partial charge in [-0.2, -0.15) is 5.10 Å². The van der Waals surface area contributed by atoms with Crippen LogP contribution in [0, 0.1) is 11.6 Å². The topological polar surface area (TPSA) is 68.2 Å². The van der Waals surface area contributed by atoms with Crippen LogP contribution in [0.4, 0.5) is 14.5 Å². The summed E-state index contributed by atoms with van der Waals surface area (Å²) in [5, 5.41) is 7.06. The molecule has 0 saturated heterocycles. The highest BCUT2D eigenvalue weighted by Crippen LogP contribution is 2.28. The molecule has 24 heavy (non-hydrogen) atoms. The highest BCUT2D eigenvalue weighted by molar-refractivity contribution is 14.0. The zero-order chi connectivity index (χ0) is 16.2. The monoisotopic (exact) mass is 447 g/mol. The molecule has 1 aromatic carbocycles. The van der Waals surface area contributed by atoms with E-state index in [0.29, 0.717) is 6.04 Å². The van der Waals surface area contributed by atoms with E-state index in [1.165, 1.54) is 12.8 Å². The van der Waals surface area contributed by atoms with Crippen LogP contribution in [0.3, 0.4) is 0 Å². The van der Waals surface area contributed by atoms with Crippen LogP contribution in [-0.2, 0) is 6.54 Å². The molecule has 0 aliphatic heterocycles. The van der Waals surface area contributed by atoms with Gasteiger partial charge in [-0.25, -0.2) is 13.8 Å². The highest BCUT2D eigenvalue weighted by Gasteiger charge is 2.17. The molecule has 0 bridgehead atoms. The minimum Gasteiger partial charge on any atom is -0.370 e. The van der Waals surface area contributed by atoms with Crippen molar-refractivity contribution < 1.29 is 8.78 Å². The van der Waals surface area contributed by atoms with Crippen LogP contribution in [0.2, 0.25) is 0 Å². The first-order valence-corrected chi connectivity index (χ1v) is 7.68. The Labute approximate surface area is 156 Å². The van der Waals surface area contributed by atoms with Gasteiger partial charge in [0.05, 0.1) is 24.0 Å². The van der Waals surface area contributed by atoms with Gasteiger partial charge in [0.1, 0.15) is 11.6 Å². The standard InChI is InChI=1S/C16H19F2N5.HI/c17-11-5-6-14(18)15(9-11)21-16(19)20-10-12-7-8-23(22-12)13-3-1-2-4-13;/h5-9,13H,1-4,10H2,(H3,19,20,21);1H. The van der Waals surface area contributed by atoms with Gasteiger partial charge in [0.15, 0.2) is 5.96 Å². The molecule has 3 rings (SSSR count). The van der Waals surface area contributed by atoms with E-state index in [0.717, 1.165) is 36.7 Å². The van der Waals surface area contributed by atoms with Crippen LogP contribution in [0.1, 0.15) is 37.4 Å². The van der Waals surface area contributed by atoms with E-state index in [4.69, 9.17) is 5.73 Å². The molecule has 5 nitrogen and oxygen atoms in total. The number of nitrogens with two attached hydrogens (primary N) is 1. The number of aromatic nitrogens is 2. The Bertz CT molecular complexity index is 710. The minimum atomic E-state index is -0.588. The van der Waals surface area contributed by atoms with Crippen LogP contribution in [0.5, 0.6) is 0 Å². The van der Waals surface area contributed by atoms with Crippen molar-refractivity contribution in [1.82, 2.24) is 9.78 Å². The Morgan fingerprint density at radius 3 is 2.79 bits per heavy atom. The van der Waals surface area contributed by atoms with E-state index in [-0.39, 0.29) is 42.2 Å². The first-order valence-electron chi connectivity index (χ1n) is 7.68. The molecule has 8 heteroatoms. The van der Waals surface area contributed by atoms with Crippen molar-refractivity contribution in [3.63, 3.8) is 0 Å². The fourth-order valence-electron chi connectivity index (χ4n) is 2.77. The normalized spacial score (nSPS) is 15.3. The molecule has 0 radical (unpaired) electrons. The summed E-state index contributed by atoms with van der Waals surface area (Å²) in [7, 11) is 0. The number of halogens is 3. The van der Waals surface area contributed by atoms with Crippen molar-refractivity contribution in [3.8, 4) is 0 Å². The van der Waals surface area contributed by atoms with Gasteiger partial charge in [-0.3, -0.25) is 4.68 Å². The molecule has 2 aromatic rings. The lowest BCUT2D eigenvalue weighted by Crippen LogP contribution is -2.23. The van der Waals surface area contributed by atoms with Crippen LogP contribution < -0.4 is 11.1 Å². The minimum absolute atomic E-state index is 0. The van der Waals surface area contributed by atoms with E-state index in [1.807, 2.05) is 16.9 Å². The van der Waals surface area contributed by atoms with Crippen molar-refractivity contribution in [2.45, 2.75) is 38.3 Å². The summed E-state index contributed by atoms with van der Waals surface area (Å²) in [5.74, 6) is -1.11. The quantitative estimate of drug-likeness (QED) is 0.426. The van der Waals surface area contributed by atoms with Gasteiger partial charge in [-0.05, 0) is 31.0 Å². The molecule has 0 spiro atoms. The maximum Gasteiger partial charge on any atom is 0.193 e. The summed E-state index contributed by atoms with van der Waals surface area (Å²) in [6.07, 6.45) is 6.76. The zero-order valence-corrected chi connectivity index (χ0v) is 15.4. The molecular formula is C16H20F2IN5. The fraction of sp³-hybridized carbons (Fsp3) is 0.375. The molecule has 1 aliphatic rings. The summed E-state index contributed by atoms with van der Waals surface area (Å²) < 4.78 is 28.6. The Kier molecular flexibility index (Phi) is 6.52. The molecule has 1 aliphatic carbocycles. The summed E-state index contributed by atoms with van der Waals surface area (Å²) in [6.45, 7) is 0.287. The molecule has 1 saturated carbocycles. The third-order valence-corrected chi connectivity index (χ3v) is 3.96. The Hall–Kier alpha value is -1.71. The van der Waals surface area contributed by atoms with Gasteiger partial charge in [0.2, 0.25) is 0 Å². The van der Waals surface area contributed by atoms with Crippen LogP contribution in [-0.4, -0.2) is 15.7 Å². The first kappa shape index (κ1) is 18.6. The second-order valence-corrected chi connectivity index (χ2v) is 5.68. The SMILES string of the molecule is I.NC(=NCc1ccn(C2CCCC2)n1)Nc1cc(F)ccc1F. The number of rotatable bonds is 4. The number of guanidine groups is 1. The van der Waals surface area contributed by atoms with Crippen molar-refractivity contribution in [2.24, 2.45) is 10.7 Å². The van der Waals surface area contributed by atoms with Crippen molar-refractivity contribution >= 4 is 35.6 Å². The van der Waals surface area contributed by atoms with Gasteiger partial charge in [-0.15, -0.1) is 24.0 Å². The molecular weight excluding hydrogens is 427 g/mol. The van der Waals surface area contributed by atoms with Crippen LogP contribution in [0.15, 0.2) is 35.5 Å². The summed E-state index contributed by atoms with van der Waals surface area (Å²) in [5.41, 5.74) is 6.47. The van der Waals surface area contributed by atoms with E-state index in [9.17, 15) is 8.78 Å². The van der Waals surface area contributed by atoms with Gasteiger partial charge in [-0.1, -0.05) is 12.8 Å². The Morgan fingerprint density at radius 1 is 1.29 bits per heavy atom. The smallest absolute Gasteiger partial charge is 0.193 e. The lowest BCUT2D eigenvalue weighted by molar-refractivity contribution is 0.463. The van der Waals surface area contributed by atoms with Gasteiger partial charge >= 0.3 is 0 Å². The molecule has 0 unspecified atom stereocenters. The molecule has 1 aromatic heterocycles. The zero-order valence-electron chi connectivity index (χ0n) is 13.1. The summed E-state index contributed by atoms with van der Waals surface area (Å²) in [6, 6.07) is 5.49. The van der Waals surface area contributed by atoms with Gasteiger partial charge in [0.25, 0.3) is 0 Å². The second-order valence-electron chi connectivity index (χ2n) is 5.68. The predicted molar refractivity (Wildman–Crippen MR) is 100 cm³/mol. The number of aliphatic imine (C=N–C) groups is 1. The lowest BCUT2D eigenvalue weighted by atomic mass is 10.3. The number of nitrogens with one attached hydrogen (secondary N) is 1. The molecule has 1 heterocycles. The Balaban J connectivity index is 0.00000208. The molecule has 3 N–H and O–H groups in total. The van der Waals surface area contributed by atoms with Crippen LogP contribution >= 0.6 is 24.0 Å². The summed E-state index contributed by atoms with van der Waals surface area (Å²) >= 11 is 0. The molecule has 0 atom stereocenters. The van der Waals surface area contributed by atoms with Crippen LogP contribution in [0.25, 0.3) is 0 Å². The van der Waals surface area contributed by atoms with E-state index >= 15 is 0 Å². The summed E-state index contributed by atoms with van der Waals surface area (Å²) in [4.78, 5) is 4.12. The average molecular weight is 447 g/mol. The Morgan fingerprint density at radius 2 is 2.04 bits per heavy atom. The second kappa shape index (κ2) is 8.41. The number of benzene rings is 1. The van der Waals surface area contributed by atoms with E-state index in [2.05, 4.69) is 15.4 Å². The largest absolute Gasteiger partial charge is 0.370 e. The molecule has 1 fully saturated rings.